The van der Waals surface area contributed by atoms with Crippen LogP contribution in [0.4, 0.5) is 0 Å². The van der Waals surface area contributed by atoms with Gasteiger partial charge < -0.3 is 9.73 Å². The van der Waals surface area contributed by atoms with Crippen molar-refractivity contribution in [3.63, 3.8) is 0 Å². The molecular weight excluding hydrogens is 350 g/mol. The summed E-state index contributed by atoms with van der Waals surface area (Å²) >= 11 is 9.67. The molecule has 1 aromatic heterocycles. The van der Waals surface area contributed by atoms with Gasteiger partial charge in [-0.15, -0.1) is 0 Å². The number of para-hydroxylation sites is 1. The van der Waals surface area contributed by atoms with Gasteiger partial charge in [0.25, 0.3) is 0 Å². The van der Waals surface area contributed by atoms with Crippen molar-refractivity contribution in [3.8, 4) is 0 Å². The van der Waals surface area contributed by atoms with E-state index >= 15 is 0 Å². The van der Waals surface area contributed by atoms with Crippen molar-refractivity contribution in [2.24, 2.45) is 0 Å². The molecule has 0 radical (unpaired) electrons. The molecule has 1 atom stereocenters. The highest BCUT2D eigenvalue weighted by molar-refractivity contribution is 9.10. The minimum absolute atomic E-state index is 0.118. The summed E-state index contributed by atoms with van der Waals surface area (Å²) in [7, 11) is 0. The Morgan fingerprint density at radius 1 is 1.19 bits per heavy atom. The molecule has 0 amide bonds. The van der Waals surface area contributed by atoms with Gasteiger partial charge in [0.05, 0.1) is 6.04 Å². The molecule has 4 heteroatoms. The zero-order valence-corrected chi connectivity index (χ0v) is 13.9. The largest absolute Gasteiger partial charge is 0.459 e. The van der Waals surface area contributed by atoms with E-state index in [1.807, 2.05) is 36.4 Å². The lowest BCUT2D eigenvalue weighted by atomic mass is 10.2. The molecule has 0 spiro atoms. The van der Waals surface area contributed by atoms with Crippen LogP contribution in [0.25, 0.3) is 11.0 Å². The standard InChI is InChI=1S/C17H15BrClNO/c1-11(17-9-12-4-2-3-5-16(12)21-17)20-10-13-8-14(18)6-7-15(13)19/h2-9,11,20H,10H2,1H3. The van der Waals surface area contributed by atoms with Crippen molar-refractivity contribution in [2.75, 3.05) is 0 Å². The Hall–Kier alpha value is -1.29. The van der Waals surface area contributed by atoms with Crippen LogP contribution >= 0.6 is 27.5 Å². The predicted molar refractivity (Wildman–Crippen MR) is 90.6 cm³/mol. The molecule has 0 fully saturated rings. The zero-order chi connectivity index (χ0) is 14.8. The van der Waals surface area contributed by atoms with Crippen LogP contribution in [0.15, 0.2) is 57.4 Å². The van der Waals surface area contributed by atoms with Crippen LogP contribution in [-0.2, 0) is 6.54 Å². The van der Waals surface area contributed by atoms with E-state index in [2.05, 4.69) is 40.3 Å². The second-order valence-electron chi connectivity index (χ2n) is 5.02. The second-order valence-corrected chi connectivity index (χ2v) is 6.35. The third kappa shape index (κ3) is 3.31. The summed E-state index contributed by atoms with van der Waals surface area (Å²) < 4.78 is 6.90. The van der Waals surface area contributed by atoms with Gasteiger partial charge in [-0.25, -0.2) is 0 Å². The van der Waals surface area contributed by atoms with Gasteiger partial charge in [-0.1, -0.05) is 45.7 Å². The number of fused-ring (bicyclic) bond motifs is 1. The van der Waals surface area contributed by atoms with Crippen molar-refractivity contribution in [3.05, 3.63) is 69.3 Å². The van der Waals surface area contributed by atoms with Crippen LogP contribution in [0.5, 0.6) is 0 Å². The van der Waals surface area contributed by atoms with Crippen molar-refractivity contribution < 1.29 is 4.42 Å². The summed E-state index contributed by atoms with van der Waals surface area (Å²) in [4.78, 5) is 0. The van der Waals surface area contributed by atoms with Gasteiger partial charge in [-0.2, -0.15) is 0 Å². The summed E-state index contributed by atoms with van der Waals surface area (Å²) in [6.07, 6.45) is 0. The van der Waals surface area contributed by atoms with E-state index in [9.17, 15) is 0 Å². The maximum absolute atomic E-state index is 6.21. The summed E-state index contributed by atoms with van der Waals surface area (Å²) in [5.74, 6) is 0.933. The minimum atomic E-state index is 0.118. The van der Waals surface area contributed by atoms with Gasteiger partial charge in [0.1, 0.15) is 11.3 Å². The van der Waals surface area contributed by atoms with Gasteiger partial charge in [0.2, 0.25) is 0 Å². The number of hydrogen-bond donors (Lipinski definition) is 1. The quantitative estimate of drug-likeness (QED) is 0.642. The molecule has 3 aromatic rings. The first kappa shape index (κ1) is 14.6. The molecule has 1 N–H and O–H groups in total. The van der Waals surface area contributed by atoms with Crippen molar-refractivity contribution in [2.45, 2.75) is 19.5 Å². The van der Waals surface area contributed by atoms with E-state index in [1.165, 1.54) is 0 Å². The first-order valence-corrected chi connectivity index (χ1v) is 7.96. The van der Waals surface area contributed by atoms with Crippen molar-refractivity contribution >= 4 is 38.5 Å². The fraction of sp³-hybridized carbons (Fsp3) is 0.176. The molecule has 0 aliphatic heterocycles. The van der Waals surface area contributed by atoms with Gasteiger partial charge in [-0.05, 0) is 42.8 Å². The lowest BCUT2D eigenvalue weighted by molar-refractivity contribution is 0.451. The maximum atomic E-state index is 6.21. The fourth-order valence-corrected chi connectivity index (χ4v) is 2.85. The number of rotatable bonds is 4. The first-order chi connectivity index (χ1) is 10.1. The Kier molecular flexibility index (Phi) is 4.34. The average molecular weight is 365 g/mol. The molecule has 0 aliphatic carbocycles. The molecule has 108 valence electrons. The summed E-state index contributed by atoms with van der Waals surface area (Å²) in [5.41, 5.74) is 1.98. The highest BCUT2D eigenvalue weighted by Crippen LogP contribution is 2.25. The minimum Gasteiger partial charge on any atom is -0.459 e. The normalized spacial score (nSPS) is 12.7. The van der Waals surface area contributed by atoms with Crippen LogP contribution in [0.1, 0.15) is 24.3 Å². The Morgan fingerprint density at radius 2 is 2.00 bits per heavy atom. The van der Waals surface area contributed by atoms with Crippen LogP contribution < -0.4 is 5.32 Å². The van der Waals surface area contributed by atoms with Crippen molar-refractivity contribution in [1.82, 2.24) is 5.32 Å². The Labute approximate surface area is 137 Å². The van der Waals surface area contributed by atoms with E-state index in [0.717, 1.165) is 31.8 Å². The van der Waals surface area contributed by atoms with Crippen LogP contribution in [0.2, 0.25) is 5.02 Å². The molecule has 3 rings (SSSR count). The molecule has 2 aromatic carbocycles. The summed E-state index contributed by atoms with van der Waals surface area (Å²) in [6, 6.07) is 16.1. The van der Waals surface area contributed by atoms with E-state index in [4.69, 9.17) is 16.0 Å². The molecule has 0 aliphatic rings. The zero-order valence-electron chi connectivity index (χ0n) is 11.6. The number of nitrogens with one attached hydrogen (secondary N) is 1. The smallest absolute Gasteiger partial charge is 0.134 e. The van der Waals surface area contributed by atoms with Gasteiger partial charge in [-0.3, -0.25) is 0 Å². The topological polar surface area (TPSA) is 25.2 Å². The summed E-state index contributed by atoms with van der Waals surface area (Å²) in [6.45, 7) is 2.78. The monoisotopic (exact) mass is 363 g/mol. The van der Waals surface area contributed by atoms with E-state index in [0.29, 0.717) is 6.54 Å². The average Bonchev–Trinajstić information content (AvgIpc) is 2.92. The molecule has 21 heavy (non-hydrogen) atoms. The number of hydrogen-bond acceptors (Lipinski definition) is 2. The first-order valence-electron chi connectivity index (χ1n) is 6.79. The predicted octanol–water partition coefficient (Wildman–Crippen LogP) is 5.70. The molecule has 0 saturated carbocycles. The van der Waals surface area contributed by atoms with Gasteiger partial charge in [0.15, 0.2) is 0 Å². The number of benzene rings is 2. The Bertz CT molecular complexity index is 735. The highest BCUT2D eigenvalue weighted by Gasteiger charge is 2.11. The Morgan fingerprint density at radius 3 is 2.81 bits per heavy atom. The number of halogens is 2. The van der Waals surface area contributed by atoms with Crippen molar-refractivity contribution in [1.29, 1.82) is 0 Å². The second kappa shape index (κ2) is 6.22. The summed E-state index contributed by atoms with van der Waals surface area (Å²) in [5, 5.41) is 5.34. The van der Waals surface area contributed by atoms with Crippen LogP contribution in [-0.4, -0.2) is 0 Å². The fourth-order valence-electron chi connectivity index (χ4n) is 2.26. The Balaban J connectivity index is 1.74. The molecule has 0 saturated heterocycles. The SMILES string of the molecule is CC(NCc1cc(Br)ccc1Cl)c1cc2ccccc2o1. The lowest BCUT2D eigenvalue weighted by Crippen LogP contribution is -2.17. The van der Waals surface area contributed by atoms with E-state index < -0.39 is 0 Å². The molecular formula is C17H15BrClNO. The highest BCUT2D eigenvalue weighted by atomic mass is 79.9. The third-order valence-corrected chi connectivity index (χ3v) is 4.34. The molecule has 1 heterocycles. The lowest BCUT2D eigenvalue weighted by Gasteiger charge is -2.12. The van der Waals surface area contributed by atoms with Gasteiger partial charge >= 0.3 is 0 Å². The van der Waals surface area contributed by atoms with E-state index in [-0.39, 0.29) is 6.04 Å². The third-order valence-electron chi connectivity index (χ3n) is 3.48. The van der Waals surface area contributed by atoms with Gasteiger partial charge in [0, 0.05) is 21.4 Å². The maximum Gasteiger partial charge on any atom is 0.134 e. The van der Waals surface area contributed by atoms with E-state index in [1.54, 1.807) is 0 Å². The van der Waals surface area contributed by atoms with Crippen LogP contribution in [0, 0.1) is 0 Å². The number of furan rings is 1. The molecule has 0 bridgehead atoms. The molecule has 2 nitrogen and oxygen atoms in total. The molecule has 1 unspecified atom stereocenters. The van der Waals surface area contributed by atoms with Crippen LogP contribution in [0.3, 0.4) is 0 Å².